The van der Waals surface area contributed by atoms with Crippen LogP contribution in [0.15, 0.2) is 18.2 Å². The topological polar surface area (TPSA) is 66.5 Å². The van der Waals surface area contributed by atoms with Crippen molar-refractivity contribution in [2.45, 2.75) is 26.3 Å². The first-order valence-corrected chi connectivity index (χ1v) is 8.75. The monoisotopic (exact) mass is 352 g/mol. The average molecular weight is 353 g/mol. The Bertz CT molecular complexity index is 639. The number of carbonyl (C=O) groups is 1. The van der Waals surface area contributed by atoms with Crippen LogP contribution < -0.4 is 9.62 Å². The van der Waals surface area contributed by atoms with Crippen LogP contribution in [0.1, 0.15) is 20.8 Å². The molecule has 0 aliphatic carbocycles. The van der Waals surface area contributed by atoms with E-state index in [0.29, 0.717) is 0 Å². The van der Waals surface area contributed by atoms with Gasteiger partial charge >= 0.3 is 0 Å². The predicted molar refractivity (Wildman–Crippen MR) is 86.5 cm³/mol. The molecule has 1 amide bonds. The maximum Gasteiger partial charge on any atom is 0.241 e. The molecule has 21 heavy (non-hydrogen) atoms. The maximum absolute atomic E-state index is 12.0. The lowest BCUT2D eigenvalue weighted by Gasteiger charge is -2.26. The van der Waals surface area contributed by atoms with Gasteiger partial charge in [-0.15, -0.1) is 0 Å². The minimum Gasteiger partial charge on any atom is -0.350 e. The number of carbonyl (C=O) groups excluding carboxylic acids is 1. The van der Waals surface area contributed by atoms with Crippen LogP contribution in [0.25, 0.3) is 0 Å². The lowest BCUT2D eigenvalue weighted by molar-refractivity contribution is -0.121. The Morgan fingerprint density at radius 1 is 1.29 bits per heavy atom. The van der Waals surface area contributed by atoms with Crippen LogP contribution >= 0.6 is 23.2 Å². The van der Waals surface area contributed by atoms with E-state index in [9.17, 15) is 13.2 Å². The molecular weight excluding hydrogens is 335 g/mol. The van der Waals surface area contributed by atoms with Crippen LogP contribution in [0.2, 0.25) is 10.0 Å². The van der Waals surface area contributed by atoms with Crippen molar-refractivity contribution in [2.75, 3.05) is 17.1 Å². The van der Waals surface area contributed by atoms with Crippen LogP contribution in [0.4, 0.5) is 5.69 Å². The largest absolute Gasteiger partial charge is 0.350 e. The Balaban J connectivity index is 3.15. The second-order valence-electron chi connectivity index (χ2n) is 5.64. The molecule has 5 nitrogen and oxygen atoms in total. The number of nitrogens with one attached hydrogen (secondary N) is 1. The molecule has 0 spiro atoms. The number of benzene rings is 1. The van der Waals surface area contributed by atoms with Gasteiger partial charge < -0.3 is 5.32 Å². The average Bonchev–Trinajstić information content (AvgIpc) is 2.26. The molecule has 0 atom stereocenters. The normalized spacial score (nSPS) is 12.1. The van der Waals surface area contributed by atoms with Crippen molar-refractivity contribution in [2.24, 2.45) is 0 Å². The summed E-state index contributed by atoms with van der Waals surface area (Å²) in [5.74, 6) is -0.427. The highest BCUT2D eigenvalue weighted by molar-refractivity contribution is 7.92. The van der Waals surface area contributed by atoms with Crippen molar-refractivity contribution in [1.82, 2.24) is 5.32 Å². The van der Waals surface area contributed by atoms with E-state index in [1.807, 2.05) is 20.8 Å². The smallest absolute Gasteiger partial charge is 0.241 e. The molecule has 1 aromatic rings. The third-order valence-electron chi connectivity index (χ3n) is 2.40. The minimum atomic E-state index is -3.68. The molecule has 0 saturated carbocycles. The molecule has 1 N–H and O–H groups in total. The highest BCUT2D eigenvalue weighted by Crippen LogP contribution is 2.33. The number of hydrogen-bond donors (Lipinski definition) is 1. The zero-order chi connectivity index (χ0) is 16.4. The lowest BCUT2D eigenvalue weighted by atomic mass is 10.1. The van der Waals surface area contributed by atoms with Crippen molar-refractivity contribution in [1.29, 1.82) is 0 Å². The molecule has 1 aromatic carbocycles. The Morgan fingerprint density at radius 3 is 2.33 bits per heavy atom. The summed E-state index contributed by atoms with van der Waals surface area (Å²) in [5.41, 5.74) is -0.283. The van der Waals surface area contributed by atoms with Crippen LogP contribution in [-0.2, 0) is 14.8 Å². The molecule has 0 aromatic heterocycles. The summed E-state index contributed by atoms with van der Waals surface area (Å²) in [6, 6.07) is 4.62. The third kappa shape index (κ3) is 5.37. The summed E-state index contributed by atoms with van der Waals surface area (Å²) in [4.78, 5) is 12.0. The van der Waals surface area contributed by atoms with Gasteiger partial charge in [-0.1, -0.05) is 29.3 Å². The number of sulfonamides is 1. The van der Waals surface area contributed by atoms with E-state index in [4.69, 9.17) is 23.2 Å². The number of rotatable bonds is 4. The Kier molecular flexibility index (Phi) is 5.52. The van der Waals surface area contributed by atoms with Crippen molar-refractivity contribution < 1.29 is 13.2 Å². The van der Waals surface area contributed by atoms with Gasteiger partial charge in [0.15, 0.2) is 0 Å². The van der Waals surface area contributed by atoms with E-state index in [-0.39, 0.29) is 22.3 Å². The fourth-order valence-corrected chi connectivity index (χ4v) is 2.96. The lowest BCUT2D eigenvalue weighted by Crippen LogP contribution is -2.47. The van der Waals surface area contributed by atoms with Gasteiger partial charge in [0.05, 0.1) is 22.0 Å². The molecule has 0 heterocycles. The molecule has 8 heteroatoms. The van der Waals surface area contributed by atoms with E-state index >= 15 is 0 Å². The number of hydrogen-bond acceptors (Lipinski definition) is 3. The fraction of sp³-hybridized carbons (Fsp3) is 0.462. The first-order valence-electron chi connectivity index (χ1n) is 6.14. The van der Waals surface area contributed by atoms with Gasteiger partial charge in [-0.25, -0.2) is 8.42 Å². The van der Waals surface area contributed by atoms with E-state index in [1.54, 1.807) is 12.1 Å². The van der Waals surface area contributed by atoms with Gasteiger partial charge in [0.1, 0.15) is 6.54 Å². The SMILES string of the molecule is CC(C)(C)NC(=O)CN(c1cccc(Cl)c1Cl)S(C)(=O)=O. The fourth-order valence-electron chi connectivity index (χ4n) is 1.65. The molecule has 0 radical (unpaired) electrons. The minimum absolute atomic E-state index is 0.0909. The van der Waals surface area contributed by atoms with Gasteiger partial charge in [-0.3, -0.25) is 9.10 Å². The highest BCUT2D eigenvalue weighted by Gasteiger charge is 2.25. The van der Waals surface area contributed by atoms with Gasteiger partial charge in [0.2, 0.25) is 15.9 Å². The molecule has 0 bridgehead atoms. The molecule has 0 aliphatic heterocycles. The van der Waals surface area contributed by atoms with E-state index in [2.05, 4.69) is 5.32 Å². The van der Waals surface area contributed by atoms with Crippen LogP contribution in [-0.4, -0.2) is 32.7 Å². The molecule has 0 aliphatic rings. The zero-order valence-corrected chi connectivity index (χ0v) is 14.6. The number of amides is 1. The number of anilines is 1. The second kappa shape index (κ2) is 6.42. The summed E-state index contributed by atoms with van der Waals surface area (Å²) in [6.45, 7) is 5.06. The van der Waals surface area contributed by atoms with Gasteiger partial charge in [0.25, 0.3) is 0 Å². The Hall–Kier alpha value is -0.980. The standard InChI is InChI=1S/C13H18Cl2N2O3S/c1-13(2,3)16-11(18)8-17(21(4,19)20)10-7-5-6-9(14)12(10)15/h5-7H,8H2,1-4H3,(H,16,18). The maximum atomic E-state index is 12.0. The van der Waals surface area contributed by atoms with Crippen LogP contribution in [0, 0.1) is 0 Å². The molecule has 0 saturated heterocycles. The van der Waals surface area contributed by atoms with E-state index < -0.39 is 21.5 Å². The molecule has 118 valence electrons. The van der Waals surface area contributed by atoms with Crippen molar-refractivity contribution in [3.05, 3.63) is 28.2 Å². The first-order chi connectivity index (χ1) is 9.42. The predicted octanol–water partition coefficient (Wildman–Crippen LogP) is 2.67. The molecule has 0 fully saturated rings. The summed E-state index contributed by atoms with van der Waals surface area (Å²) < 4.78 is 24.8. The molecule has 1 rings (SSSR count). The van der Waals surface area contributed by atoms with Gasteiger partial charge in [-0.05, 0) is 32.9 Å². The first kappa shape index (κ1) is 18.1. The highest BCUT2D eigenvalue weighted by atomic mass is 35.5. The van der Waals surface area contributed by atoms with Crippen LogP contribution in [0.5, 0.6) is 0 Å². The third-order valence-corrected chi connectivity index (χ3v) is 4.34. The number of nitrogens with zero attached hydrogens (tertiary/aromatic N) is 1. The van der Waals surface area contributed by atoms with Crippen LogP contribution in [0.3, 0.4) is 0 Å². The summed E-state index contributed by atoms with van der Waals surface area (Å²) >= 11 is 11.9. The van der Waals surface area contributed by atoms with Crippen molar-refractivity contribution in [3.8, 4) is 0 Å². The summed E-state index contributed by atoms with van der Waals surface area (Å²) in [6.07, 6.45) is 1.01. The van der Waals surface area contributed by atoms with Crippen molar-refractivity contribution >= 4 is 44.8 Å². The summed E-state index contributed by atoms with van der Waals surface area (Å²) in [7, 11) is -3.68. The van der Waals surface area contributed by atoms with Gasteiger partial charge in [-0.2, -0.15) is 0 Å². The van der Waals surface area contributed by atoms with E-state index in [1.165, 1.54) is 6.07 Å². The summed E-state index contributed by atoms with van der Waals surface area (Å²) in [5, 5.41) is 3.02. The molecular formula is C13H18Cl2N2O3S. The molecule has 0 unspecified atom stereocenters. The van der Waals surface area contributed by atoms with Gasteiger partial charge in [0, 0.05) is 5.54 Å². The quantitative estimate of drug-likeness (QED) is 0.905. The Labute approximate surface area is 135 Å². The second-order valence-corrected chi connectivity index (χ2v) is 8.33. The Morgan fingerprint density at radius 2 is 1.86 bits per heavy atom. The van der Waals surface area contributed by atoms with E-state index in [0.717, 1.165) is 10.6 Å². The zero-order valence-electron chi connectivity index (χ0n) is 12.3. The van der Waals surface area contributed by atoms with Crippen molar-refractivity contribution in [3.63, 3.8) is 0 Å². The number of halogens is 2.